The fourth-order valence-corrected chi connectivity index (χ4v) is 2.79. The van der Waals surface area contributed by atoms with Gasteiger partial charge >= 0.3 is 0 Å². The Labute approximate surface area is 124 Å². The summed E-state index contributed by atoms with van der Waals surface area (Å²) in [6, 6.07) is 0. The lowest BCUT2D eigenvalue weighted by Crippen LogP contribution is -2.48. The van der Waals surface area contributed by atoms with E-state index in [2.05, 4.69) is 14.9 Å². The zero-order valence-electron chi connectivity index (χ0n) is 11.4. The van der Waals surface area contributed by atoms with E-state index in [9.17, 15) is 0 Å². The molecule has 0 atom stereocenters. The van der Waals surface area contributed by atoms with E-state index in [1.54, 1.807) is 0 Å². The number of aromatic nitrogens is 2. The predicted octanol–water partition coefficient (Wildman–Crippen LogP) is 0.786. The molecule has 0 bridgehead atoms. The van der Waals surface area contributed by atoms with Crippen LogP contribution < -0.4 is 5.73 Å². The van der Waals surface area contributed by atoms with Crippen molar-refractivity contribution in [1.29, 1.82) is 0 Å². The van der Waals surface area contributed by atoms with E-state index in [1.165, 1.54) is 0 Å². The molecule has 5 nitrogen and oxygen atoms in total. The molecular weight excluding hydrogens is 282 g/mol. The molecule has 2 N–H and O–H groups in total. The highest BCUT2D eigenvalue weighted by atomic mass is 35.5. The Morgan fingerprint density at radius 1 is 1.32 bits per heavy atom. The van der Waals surface area contributed by atoms with Gasteiger partial charge in [-0.25, -0.2) is 0 Å². The molecule has 1 aromatic heterocycles. The van der Waals surface area contributed by atoms with E-state index in [-0.39, 0.29) is 0 Å². The third-order valence-corrected chi connectivity index (χ3v) is 4.10. The Morgan fingerprint density at radius 2 is 1.89 bits per heavy atom. The summed E-state index contributed by atoms with van der Waals surface area (Å²) in [5, 5.41) is 5.13. The molecule has 0 unspecified atom stereocenters. The molecule has 0 aliphatic carbocycles. The predicted molar refractivity (Wildman–Crippen MR) is 81.5 cm³/mol. The summed E-state index contributed by atoms with van der Waals surface area (Å²) in [4.78, 5) is 5.24. The van der Waals surface area contributed by atoms with Crippen molar-refractivity contribution in [2.24, 2.45) is 12.8 Å². The van der Waals surface area contributed by atoms with E-state index in [1.807, 2.05) is 18.7 Å². The highest BCUT2D eigenvalue weighted by molar-refractivity contribution is 7.80. The standard InChI is InChI=1S/C12H20ClN5S/c1-9-12(13)10(16(2)15-9)7-17-3-5-18(6-4-17)8-11(14)19/h3-8H2,1-2H3,(H2,14,19). The van der Waals surface area contributed by atoms with Crippen LogP contribution in [-0.4, -0.2) is 57.3 Å². The van der Waals surface area contributed by atoms with Gasteiger partial charge in [-0.05, 0) is 6.92 Å². The first kappa shape index (κ1) is 14.7. The van der Waals surface area contributed by atoms with E-state index < -0.39 is 0 Å². The number of halogens is 1. The second-order valence-corrected chi connectivity index (χ2v) is 5.89. The lowest BCUT2D eigenvalue weighted by Gasteiger charge is -2.34. The molecule has 1 saturated heterocycles. The van der Waals surface area contributed by atoms with Crippen LogP contribution in [0.15, 0.2) is 0 Å². The smallest absolute Gasteiger partial charge is 0.0870 e. The average molecular weight is 302 g/mol. The number of rotatable bonds is 4. The fraction of sp³-hybridized carbons (Fsp3) is 0.667. The second-order valence-electron chi connectivity index (χ2n) is 4.99. The van der Waals surface area contributed by atoms with Gasteiger partial charge in [0.15, 0.2) is 0 Å². The number of nitrogens with zero attached hydrogens (tertiary/aromatic N) is 4. The van der Waals surface area contributed by atoms with Gasteiger partial charge in [0.1, 0.15) is 0 Å². The van der Waals surface area contributed by atoms with Crippen LogP contribution in [0.1, 0.15) is 11.4 Å². The summed E-state index contributed by atoms with van der Waals surface area (Å²) in [5.41, 5.74) is 7.55. The van der Waals surface area contributed by atoms with Crippen molar-refractivity contribution in [1.82, 2.24) is 19.6 Å². The Morgan fingerprint density at radius 3 is 2.37 bits per heavy atom. The molecule has 2 rings (SSSR count). The van der Waals surface area contributed by atoms with E-state index in [0.29, 0.717) is 4.99 Å². The molecule has 0 radical (unpaired) electrons. The van der Waals surface area contributed by atoms with Crippen molar-refractivity contribution in [2.75, 3.05) is 32.7 Å². The summed E-state index contributed by atoms with van der Waals surface area (Å²) in [7, 11) is 1.94. The zero-order chi connectivity index (χ0) is 14.0. The van der Waals surface area contributed by atoms with Gasteiger partial charge in [-0.2, -0.15) is 5.10 Å². The molecule has 106 valence electrons. The number of aryl methyl sites for hydroxylation is 2. The molecular formula is C12H20ClN5S. The quantitative estimate of drug-likeness (QED) is 0.833. The summed E-state index contributed by atoms with van der Waals surface area (Å²) < 4.78 is 1.87. The molecule has 0 amide bonds. The molecule has 19 heavy (non-hydrogen) atoms. The van der Waals surface area contributed by atoms with Gasteiger partial charge in [0.2, 0.25) is 0 Å². The Kier molecular flexibility index (Phi) is 4.78. The molecule has 1 aromatic rings. The van der Waals surface area contributed by atoms with Crippen LogP contribution in [0.3, 0.4) is 0 Å². The molecule has 0 aromatic carbocycles. The van der Waals surface area contributed by atoms with Gasteiger partial charge in [0.05, 0.1) is 21.4 Å². The van der Waals surface area contributed by atoms with Crippen LogP contribution in [0.4, 0.5) is 0 Å². The Balaban J connectivity index is 1.90. The normalized spacial score (nSPS) is 17.8. The monoisotopic (exact) mass is 301 g/mol. The molecule has 2 heterocycles. The lowest BCUT2D eigenvalue weighted by molar-refractivity contribution is 0.138. The van der Waals surface area contributed by atoms with Gasteiger partial charge in [-0.1, -0.05) is 23.8 Å². The molecule has 0 spiro atoms. The number of hydrogen-bond acceptors (Lipinski definition) is 4. The Hall–Kier alpha value is -0.690. The number of nitrogens with two attached hydrogens (primary N) is 1. The maximum Gasteiger partial charge on any atom is 0.0870 e. The van der Waals surface area contributed by atoms with E-state index in [4.69, 9.17) is 29.6 Å². The van der Waals surface area contributed by atoms with Gasteiger partial charge < -0.3 is 5.73 Å². The van der Waals surface area contributed by atoms with Crippen LogP contribution in [0, 0.1) is 6.92 Å². The zero-order valence-corrected chi connectivity index (χ0v) is 13.0. The number of piperazine rings is 1. The largest absolute Gasteiger partial charge is 0.392 e. The first-order valence-electron chi connectivity index (χ1n) is 6.38. The van der Waals surface area contributed by atoms with Gasteiger partial charge in [-0.15, -0.1) is 0 Å². The molecule has 0 saturated carbocycles. The summed E-state index contributed by atoms with van der Waals surface area (Å²) in [6.07, 6.45) is 0. The minimum atomic E-state index is 0.568. The molecule has 1 aliphatic heterocycles. The summed E-state index contributed by atoms with van der Waals surface area (Å²) >= 11 is 11.2. The van der Waals surface area contributed by atoms with E-state index >= 15 is 0 Å². The fourth-order valence-electron chi connectivity index (χ4n) is 2.39. The van der Waals surface area contributed by atoms with Crippen molar-refractivity contribution in [2.45, 2.75) is 13.5 Å². The third-order valence-electron chi connectivity index (χ3n) is 3.48. The first-order valence-corrected chi connectivity index (χ1v) is 7.17. The molecule has 1 fully saturated rings. The Bertz CT molecular complexity index is 465. The van der Waals surface area contributed by atoms with Crippen molar-refractivity contribution in [3.05, 3.63) is 16.4 Å². The highest BCUT2D eigenvalue weighted by Gasteiger charge is 2.20. The minimum Gasteiger partial charge on any atom is -0.392 e. The van der Waals surface area contributed by atoms with Gasteiger partial charge in [-0.3, -0.25) is 14.5 Å². The van der Waals surface area contributed by atoms with Gasteiger partial charge in [0.25, 0.3) is 0 Å². The van der Waals surface area contributed by atoms with Crippen LogP contribution >= 0.6 is 23.8 Å². The summed E-state index contributed by atoms with van der Waals surface area (Å²) in [6.45, 7) is 7.49. The number of hydrogen-bond donors (Lipinski definition) is 1. The maximum absolute atomic E-state index is 6.28. The van der Waals surface area contributed by atoms with Crippen molar-refractivity contribution in [3.8, 4) is 0 Å². The van der Waals surface area contributed by atoms with Crippen molar-refractivity contribution >= 4 is 28.8 Å². The van der Waals surface area contributed by atoms with Crippen molar-refractivity contribution in [3.63, 3.8) is 0 Å². The average Bonchev–Trinajstić information content (AvgIpc) is 2.58. The highest BCUT2D eigenvalue weighted by Crippen LogP contribution is 2.21. The SMILES string of the molecule is Cc1nn(C)c(CN2CCN(CC(N)=S)CC2)c1Cl. The third kappa shape index (κ3) is 3.66. The van der Waals surface area contributed by atoms with Crippen LogP contribution in [0.2, 0.25) is 5.02 Å². The lowest BCUT2D eigenvalue weighted by atomic mass is 10.2. The van der Waals surface area contributed by atoms with Crippen LogP contribution in [0.25, 0.3) is 0 Å². The first-order chi connectivity index (χ1) is 8.97. The topological polar surface area (TPSA) is 50.3 Å². The molecule has 7 heteroatoms. The van der Waals surface area contributed by atoms with Crippen LogP contribution in [-0.2, 0) is 13.6 Å². The van der Waals surface area contributed by atoms with Crippen LogP contribution in [0.5, 0.6) is 0 Å². The molecule has 1 aliphatic rings. The second kappa shape index (κ2) is 6.17. The summed E-state index contributed by atoms with van der Waals surface area (Å²) in [5.74, 6) is 0. The minimum absolute atomic E-state index is 0.568. The maximum atomic E-state index is 6.28. The van der Waals surface area contributed by atoms with Crippen molar-refractivity contribution < 1.29 is 0 Å². The van der Waals surface area contributed by atoms with E-state index in [0.717, 1.165) is 55.7 Å². The number of thiocarbonyl (C=S) groups is 1. The van der Waals surface area contributed by atoms with Gasteiger partial charge in [0, 0.05) is 46.3 Å².